The van der Waals surface area contributed by atoms with Gasteiger partial charge < -0.3 is 18.7 Å². The van der Waals surface area contributed by atoms with Gasteiger partial charge in [-0.05, 0) is 64.2 Å². The van der Waals surface area contributed by atoms with Crippen LogP contribution in [0.1, 0.15) is 194 Å². The molecule has 0 amide bonds. The number of ether oxygens (including phenoxy) is 3. The predicted molar refractivity (Wildman–Crippen MR) is 211 cm³/mol. The monoisotopic (exact) mass is 705 g/mol. The molecule has 6 nitrogen and oxygen atoms in total. The van der Waals surface area contributed by atoms with Crippen molar-refractivity contribution in [2.24, 2.45) is 0 Å². The summed E-state index contributed by atoms with van der Waals surface area (Å²) in [4.78, 5) is 24.7. The summed E-state index contributed by atoms with van der Waals surface area (Å²) in [6, 6.07) is 0. The van der Waals surface area contributed by atoms with E-state index in [4.69, 9.17) is 14.2 Å². The van der Waals surface area contributed by atoms with Gasteiger partial charge in [0.1, 0.15) is 39.4 Å². The smallest absolute Gasteiger partial charge is 0.305 e. The molecule has 1 rings (SSSR count). The van der Waals surface area contributed by atoms with Crippen LogP contribution in [-0.4, -0.2) is 69.0 Å². The van der Waals surface area contributed by atoms with E-state index in [9.17, 15) is 9.59 Å². The van der Waals surface area contributed by atoms with Gasteiger partial charge >= 0.3 is 11.9 Å². The third kappa shape index (κ3) is 30.0. The summed E-state index contributed by atoms with van der Waals surface area (Å²) in [5.74, 6) is -0.166. The van der Waals surface area contributed by atoms with Crippen molar-refractivity contribution in [3.8, 4) is 0 Å². The Balaban J connectivity index is 2.02. The van der Waals surface area contributed by atoms with Gasteiger partial charge in [-0.25, -0.2) is 0 Å². The zero-order valence-corrected chi connectivity index (χ0v) is 33.3. The van der Waals surface area contributed by atoms with E-state index in [1.807, 2.05) is 0 Å². The van der Waals surface area contributed by atoms with Crippen LogP contribution in [0.2, 0.25) is 0 Å². The van der Waals surface area contributed by atoms with E-state index in [1.54, 1.807) is 0 Å². The fraction of sp³-hybridized carbons (Fsp3) is 0.864. The van der Waals surface area contributed by atoms with Crippen molar-refractivity contribution < 1.29 is 28.3 Å². The van der Waals surface area contributed by atoms with E-state index in [0.717, 1.165) is 56.3 Å². The Labute approximate surface area is 310 Å². The third-order valence-electron chi connectivity index (χ3n) is 10.4. The summed E-state index contributed by atoms with van der Waals surface area (Å²) in [6.07, 6.45) is 43.0. The van der Waals surface area contributed by atoms with Gasteiger partial charge in [0.25, 0.3) is 0 Å². The fourth-order valence-corrected chi connectivity index (χ4v) is 6.82. The van der Waals surface area contributed by atoms with Gasteiger partial charge in [-0.15, -0.1) is 0 Å². The molecule has 0 aliphatic carbocycles. The Morgan fingerprint density at radius 1 is 0.480 bits per heavy atom. The maximum atomic E-state index is 12.4. The minimum absolute atomic E-state index is 0.0829. The molecule has 0 unspecified atom stereocenters. The van der Waals surface area contributed by atoms with Crippen LogP contribution in [0.25, 0.3) is 0 Å². The van der Waals surface area contributed by atoms with Crippen LogP contribution < -0.4 is 0 Å². The van der Waals surface area contributed by atoms with Crippen molar-refractivity contribution in [3.05, 3.63) is 24.3 Å². The Morgan fingerprint density at radius 3 is 1.16 bits per heavy atom. The summed E-state index contributed by atoms with van der Waals surface area (Å²) in [5, 5.41) is 0. The zero-order valence-electron chi connectivity index (χ0n) is 33.3. The number of rotatable bonds is 36. The molecule has 292 valence electrons. The molecule has 0 aromatic rings. The lowest BCUT2D eigenvalue weighted by atomic mass is 10.1. The predicted octanol–water partition coefficient (Wildman–Crippen LogP) is 12.0. The quantitative estimate of drug-likeness (QED) is 0.0281. The molecule has 1 saturated heterocycles. The van der Waals surface area contributed by atoms with Crippen molar-refractivity contribution >= 4 is 11.9 Å². The average Bonchev–Trinajstić information content (AvgIpc) is 3.12. The molecular formula is C44H82NO5+. The second kappa shape index (κ2) is 35.7. The van der Waals surface area contributed by atoms with E-state index in [0.29, 0.717) is 39.3 Å². The number of carbonyl (C=O) groups excluding carboxylic acids is 2. The summed E-state index contributed by atoms with van der Waals surface area (Å²) in [5.41, 5.74) is 0. The van der Waals surface area contributed by atoms with E-state index in [2.05, 4.69) is 38.2 Å². The fourth-order valence-electron chi connectivity index (χ4n) is 6.82. The lowest BCUT2D eigenvalue weighted by molar-refractivity contribution is -0.935. The molecule has 6 heteroatoms. The number of quaternary nitrogens is 1. The number of carbonyl (C=O) groups is 2. The van der Waals surface area contributed by atoms with Crippen molar-refractivity contribution in [1.29, 1.82) is 0 Å². The van der Waals surface area contributed by atoms with Gasteiger partial charge in [-0.1, -0.05) is 141 Å². The van der Waals surface area contributed by atoms with Crippen molar-refractivity contribution in [3.63, 3.8) is 0 Å². The van der Waals surface area contributed by atoms with Gasteiger partial charge in [0.2, 0.25) is 0 Å². The van der Waals surface area contributed by atoms with Gasteiger partial charge in [0.15, 0.2) is 0 Å². The summed E-state index contributed by atoms with van der Waals surface area (Å²) < 4.78 is 17.7. The van der Waals surface area contributed by atoms with Crippen molar-refractivity contribution in [2.45, 2.75) is 194 Å². The van der Waals surface area contributed by atoms with Crippen molar-refractivity contribution in [2.75, 3.05) is 52.6 Å². The maximum Gasteiger partial charge on any atom is 0.305 e. The Bertz CT molecular complexity index is 759. The van der Waals surface area contributed by atoms with Crippen LogP contribution in [0.3, 0.4) is 0 Å². The van der Waals surface area contributed by atoms with E-state index < -0.39 is 0 Å². The maximum absolute atomic E-state index is 12.4. The molecular weight excluding hydrogens is 622 g/mol. The highest BCUT2D eigenvalue weighted by molar-refractivity contribution is 5.69. The molecule has 1 heterocycles. The molecule has 1 fully saturated rings. The third-order valence-corrected chi connectivity index (χ3v) is 10.4. The number of hydrogen-bond donors (Lipinski definition) is 0. The van der Waals surface area contributed by atoms with E-state index >= 15 is 0 Å². The van der Waals surface area contributed by atoms with Gasteiger partial charge in [0.05, 0.1) is 13.2 Å². The van der Waals surface area contributed by atoms with Crippen LogP contribution in [-0.2, 0) is 23.8 Å². The SMILES string of the molecule is CCCCCCCC/C=C\CCCCCCCC(=O)OCC[N+]1(CCOC(=O)CCCCCCC/C=C\CCCCCCCC)CCOCC1. The highest BCUT2D eigenvalue weighted by Gasteiger charge is 2.31. The van der Waals surface area contributed by atoms with Crippen LogP contribution >= 0.6 is 0 Å². The van der Waals surface area contributed by atoms with Gasteiger partial charge in [-0.2, -0.15) is 0 Å². The molecule has 0 N–H and O–H groups in total. The molecule has 1 aliphatic rings. The lowest BCUT2D eigenvalue weighted by Gasteiger charge is -2.40. The first-order valence-electron chi connectivity index (χ1n) is 21.7. The number of nitrogens with zero attached hydrogens (tertiary/aromatic N) is 1. The lowest BCUT2D eigenvalue weighted by Crippen LogP contribution is -2.58. The van der Waals surface area contributed by atoms with Crippen LogP contribution in [0.4, 0.5) is 0 Å². The second-order valence-electron chi connectivity index (χ2n) is 15.0. The first-order chi connectivity index (χ1) is 24.6. The molecule has 0 radical (unpaired) electrons. The molecule has 0 spiro atoms. The van der Waals surface area contributed by atoms with Crippen molar-refractivity contribution in [1.82, 2.24) is 0 Å². The Hall–Kier alpha value is -1.66. The molecule has 1 aliphatic heterocycles. The molecule has 0 aromatic heterocycles. The van der Waals surface area contributed by atoms with Gasteiger partial charge in [-0.3, -0.25) is 9.59 Å². The van der Waals surface area contributed by atoms with E-state index in [1.165, 1.54) is 141 Å². The Morgan fingerprint density at radius 2 is 0.800 bits per heavy atom. The average molecular weight is 705 g/mol. The van der Waals surface area contributed by atoms with Crippen LogP contribution in [0.5, 0.6) is 0 Å². The summed E-state index contributed by atoms with van der Waals surface area (Å²) in [6.45, 7) is 10.0. The zero-order chi connectivity index (χ0) is 36.1. The highest BCUT2D eigenvalue weighted by atomic mass is 16.5. The number of esters is 2. The van der Waals surface area contributed by atoms with Crippen LogP contribution in [0.15, 0.2) is 24.3 Å². The normalized spacial score (nSPS) is 14.5. The largest absolute Gasteiger partial charge is 0.460 e. The standard InChI is InChI=1S/C44H82NO5/c1-3-5-7-9-11-13-15-17-19-21-23-25-27-29-31-33-43(46)49-41-37-45(35-39-48-40-36-45)38-42-50-44(47)34-32-30-28-26-24-22-20-18-16-14-12-10-8-6-4-2/h17-20H,3-16,21-42H2,1-2H3/q+1/b19-17-,20-18-. The number of unbranched alkanes of at least 4 members (excludes halogenated alkanes) is 22. The molecule has 50 heavy (non-hydrogen) atoms. The summed E-state index contributed by atoms with van der Waals surface area (Å²) in [7, 11) is 0. The van der Waals surface area contributed by atoms with Crippen LogP contribution in [0, 0.1) is 0 Å². The molecule has 0 saturated carbocycles. The second-order valence-corrected chi connectivity index (χ2v) is 15.0. The first-order valence-corrected chi connectivity index (χ1v) is 21.7. The number of morpholine rings is 1. The highest BCUT2D eigenvalue weighted by Crippen LogP contribution is 2.14. The first kappa shape index (κ1) is 46.4. The summed E-state index contributed by atoms with van der Waals surface area (Å²) >= 11 is 0. The molecule has 0 atom stereocenters. The van der Waals surface area contributed by atoms with E-state index in [-0.39, 0.29) is 11.9 Å². The number of hydrogen-bond acceptors (Lipinski definition) is 5. The Kier molecular flexibility index (Phi) is 33.1. The molecule has 0 aromatic carbocycles. The molecule has 0 bridgehead atoms. The minimum Gasteiger partial charge on any atom is -0.460 e. The number of allylic oxidation sites excluding steroid dienone is 4. The minimum atomic E-state index is -0.0829. The topological polar surface area (TPSA) is 61.8 Å². The van der Waals surface area contributed by atoms with Gasteiger partial charge in [0, 0.05) is 12.8 Å².